The molecule has 1 N–H and O–H groups in total. The van der Waals surface area contributed by atoms with Crippen molar-refractivity contribution < 1.29 is 9.84 Å². The minimum Gasteiger partial charge on any atom is -0.457 e. The second kappa shape index (κ2) is 6.10. The van der Waals surface area contributed by atoms with Gasteiger partial charge in [-0.2, -0.15) is 0 Å². The summed E-state index contributed by atoms with van der Waals surface area (Å²) in [5, 5.41) is 10.4. The van der Waals surface area contributed by atoms with Gasteiger partial charge in [-0.1, -0.05) is 51.1 Å². The Morgan fingerprint density at radius 1 is 0.950 bits per heavy atom. The molecule has 0 fully saturated rings. The monoisotopic (exact) mass is 270 g/mol. The Morgan fingerprint density at radius 3 is 2.05 bits per heavy atom. The molecular formula is C18H22O2. The second-order valence-electron chi connectivity index (χ2n) is 5.73. The van der Waals surface area contributed by atoms with Crippen LogP contribution in [0.3, 0.4) is 0 Å². The van der Waals surface area contributed by atoms with Crippen molar-refractivity contribution in [3.63, 3.8) is 0 Å². The van der Waals surface area contributed by atoms with E-state index in [9.17, 15) is 5.11 Å². The number of aliphatic hydroxyl groups is 1. The van der Waals surface area contributed by atoms with Crippen LogP contribution in [0.4, 0.5) is 0 Å². The Labute approximate surface area is 121 Å². The highest BCUT2D eigenvalue weighted by atomic mass is 16.5. The lowest BCUT2D eigenvalue weighted by atomic mass is 9.80. The summed E-state index contributed by atoms with van der Waals surface area (Å²) in [7, 11) is 0. The van der Waals surface area contributed by atoms with Gasteiger partial charge in [-0.05, 0) is 41.7 Å². The first-order chi connectivity index (χ1) is 9.53. The number of hydrogen-bond acceptors (Lipinski definition) is 2. The average molecular weight is 270 g/mol. The van der Waals surface area contributed by atoms with Crippen LogP contribution < -0.4 is 4.74 Å². The summed E-state index contributed by atoms with van der Waals surface area (Å²) >= 11 is 0. The van der Waals surface area contributed by atoms with E-state index in [2.05, 4.69) is 20.8 Å². The molecule has 0 aromatic heterocycles. The Bertz CT molecular complexity index is 529. The van der Waals surface area contributed by atoms with Crippen molar-refractivity contribution in [1.29, 1.82) is 0 Å². The molecule has 0 aliphatic carbocycles. The second-order valence-corrected chi connectivity index (χ2v) is 5.73. The zero-order valence-corrected chi connectivity index (χ0v) is 12.3. The van der Waals surface area contributed by atoms with E-state index in [0.717, 1.165) is 23.5 Å². The van der Waals surface area contributed by atoms with Gasteiger partial charge in [-0.25, -0.2) is 0 Å². The predicted molar refractivity (Wildman–Crippen MR) is 82.0 cm³/mol. The molecule has 0 amide bonds. The molecule has 2 heteroatoms. The standard InChI is InChI=1S/C18H22O2/c1-4-18(2,3)17(19)14-10-12-16(13-11-14)20-15-8-6-5-7-9-15/h5-13,17,19H,4H2,1-3H3. The number of para-hydroxylation sites is 1. The molecule has 0 bridgehead atoms. The molecule has 0 heterocycles. The fraction of sp³-hybridized carbons (Fsp3) is 0.333. The number of hydrogen-bond donors (Lipinski definition) is 1. The number of rotatable bonds is 5. The lowest BCUT2D eigenvalue weighted by Gasteiger charge is -2.29. The highest BCUT2D eigenvalue weighted by Crippen LogP contribution is 2.36. The van der Waals surface area contributed by atoms with Gasteiger partial charge in [0, 0.05) is 0 Å². The molecular weight excluding hydrogens is 248 g/mol. The maximum absolute atomic E-state index is 10.4. The third kappa shape index (κ3) is 3.40. The lowest BCUT2D eigenvalue weighted by molar-refractivity contribution is 0.0465. The number of aliphatic hydroxyl groups excluding tert-OH is 1. The van der Waals surface area contributed by atoms with Crippen LogP contribution in [0.15, 0.2) is 54.6 Å². The zero-order valence-electron chi connectivity index (χ0n) is 12.3. The van der Waals surface area contributed by atoms with Crippen LogP contribution in [-0.2, 0) is 0 Å². The molecule has 2 nitrogen and oxygen atoms in total. The van der Waals surface area contributed by atoms with Crippen molar-refractivity contribution in [3.8, 4) is 11.5 Å². The van der Waals surface area contributed by atoms with Gasteiger partial charge in [0.15, 0.2) is 0 Å². The maximum atomic E-state index is 10.4. The zero-order chi connectivity index (χ0) is 14.6. The van der Waals surface area contributed by atoms with Crippen molar-refractivity contribution in [1.82, 2.24) is 0 Å². The molecule has 2 rings (SSSR count). The van der Waals surface area contributed by atoms with Gasteiger partial charge < -0.3 is 9.84 Å². The third-order valence-corrected chi connectivity index (χ3v) is 3.83. The van der Waals surface area contributed by atoms with Crippen molar-refractivity contribution in [2.45, 2.75) is 33.3 Å². The summed E-state index contributed by atoms with van der Waals surface area (Å²) in [6, 6.07) is 17.3. The first-order valence-electron chi connectivity index (χ1n) is 7.04. The SMILES string of the molecule is CCC(C)(C)C(O)c1ccc(Oc2ccccc2)cc1. The van der Waals surface area contributed by atoms with E-state index < -0.39 is 6.10 Å². The van der Waals surface area contributed by atoms with Gasteiger partial charge in [-0.3, -0.25) is 0 Å². The van der Waals surface area contributed by atoms with Crippen LogP contribution in [0.1, 0.15) is 38.9 Å². The highest BCUT2D eigenvalue weighted by Gasteiger charge is 2.26. The van der Waals surface area contributed by atoms with Crippen LogP contribution in [0, 0.1) is 5.41 Å². The number of benzene rings is 2. The number of ether oxygens (including phenoxy) is 1. The maximum Gasteiger partial charge on any atom is 0.127 e. The fourth-order valence-corrected chi connectivity index (χ4v) is 1.99. The van der Waals surface area contributed by atoms with Crippen molar-refractivity contribution in [2.24, 2.45) is 5.41 Å². The Hall–Kier alpha value is -1.80. The van der Waals surface area contributed by atoms with E-state index in [1.807, 2.05) is 54.6 Å². The first kappa shape index (κ1) is 14.6. The van der Waals surface area contributed by atoms with Gasteiger partial charge in [0.25, 0.3) is 0 Å². The van der Waals surface area contributed by atoms with E-state index >= 15 is 0 Å². The molecule has 0 spiro atoms. The van der Waals surface area contributed by atoms with E-state index in [-0.39, 0.29) is 5.41 Å². The largest absolute Gasteiger partial charge is 0.457 e. The van der Waals surface area contributed by atoms with Crippen LogP contribution in [-0.4, -0.2) is 5.11 Å². The molecule has 0 radical (unpaired) electrons. The minimum atomic E-state index is -0.460. The lowest BCUT2D eigenvalue weighted by Crippen LogP contribution is -2.20. The van der Waals surface area contributed by atoms with E-state index in [0.29, 0.717) is 0 Å². The molecule has 2 aromatic carbocycles. The normalized spacial score (nSPS) is 13.0. The van der Waals surface area contributed by atoms with E-state index in [1.165, 1.54) is 0 Å². The van der Waals surface area contributed by atoms with Gasteiger partial charge in [0.05, 0.1) is 6.10 Å². The molecule has 1 atom stereocenters. The van der Waals surface area contributed by atoms with Crippen molar-refractivity contribution in [2.75, 3.05) is 0 Å². The van der Waals surface area contributed by atoms with E-state index in [1.54, 1.807) is 0 Å². The average Bonchev–Trinajstić information content (AvgIpc) is 2.48. The Balaban J connectivity index is 2.11. The van der Waals surface area contributed by atoms with Gasteiger partial charge in [0.1, 0.15) is 11.5 Å². The topological polar surface area (TPSA) is 29.5 Å². The minimum absolute atomic E-state index is 0.123. The van der Waals surface area contributed by atoms with Crippen LogP contribution in [0.5, 0.6) is 11.5 Å². The highest BCUT2D eigenvalue weighted by molar-refractivity contribution is 5.33. The third-order valence-electron chi connectivity index (χ3n) is 3.83. The molecule has 2 aromatic rings. The smallest absolute Gasteiger partial charge is 0.127 e. The molecule has 0 aliphatic rings. The summed E-state index contributed by atoms with van der Waals surface area (Å²) < 4.78 is 5.74. The van der Waals surface area contributed by atoms with Crippen molar-refractivity contribution >= 4 is 0 Å². The molecule has 20 heavy (non-hydrogen) atoms. The molecule has 0 saturated heterocycles. The van der Waals surface area contributed by atoms with Gasteiger partial charge in [0.2, 0.25) is 0 Å². The molecule has 0 aliphatic heterocycles. The van der Waals surface area contributed by atoms with Gasteiger partial charge in [-0.15, -0.1) is 0 Å². The van der Waals surface area contributed by atoms with Crippen LogP contribution in [0.2, 0.25) is 0 Å². The van der Waals surface area contributed by atoms with Crippen LogP contribution >= 0.6 is 0 Å². The van der Waals surface area contributed by atoms with Gasteiger partial charge >= 0.3 is 0 Å². The van der Waals surface area contributed by atoms with Crippen LogP contribution in [0.25, 0.3) is 0 Å². The quantitative estimate of drug-likeness (QED) is 0.833. The summed E-state index contributed by atoms with van der Waals surface area (Å²) in [6.07, 6.45) is 0.467. The fourth-order valence-electron chi connectivity index (χ4n) is 1.99. The summed E-state index contributed by atoms with van der Waals surface area (Å²) in [4.78, 5) is 0. The summed E-state index contributed by atoms with van der Waals surface area (Å²) in [6.45, 7) is 6.24. The molecule has 1 unspecified atom stereocenters. The Kier molecular flexibility index (Phi) is 4.46. The molecule has 0 saturated carbocycles. The summed E-state index contributed by atoms with van der Waals surface area (Å²) in [5.74, 6) is 1.59. The molecule has 106 valence electrons. The van der Waals surface area contributed by atoms with E-state index in [4.69, 9.17) is 4.74 Å². The van der Waals surface area contributed by atoms with Crippen molar-refractivity contribution in [3.05, 3.63) is 60.2 Å². The predicted octanol–water partition coefficient (Wildman–Crippen LogP) is 4.95. The Morgan fingerprint density at radius 2 is 1.50 bits per heavy atom. The first-order valence-corrected chi connectivity index (χ1v) is 7.04. The summed E-state index contributed by atoms with van der Waals surface area (Å²) in [5.41, 5.74) is 0.805.